The zero-order chi connectivity index (χ0) is 16.4. The van der Waals surface area contributed by atoms with Crippen molar-refractivity contribution in [3.8, 4) is 23.0 Å². The first kappa shape index (κ1) is 17.4. The molecule has 5 nitrogen and oxygen atoms in total. The molecule has 0 aliphatic heterocycles. The molecule has 5 heteroatoms. The van der Waals surface area contributed by atoms with E-state index in [1.807, 2.05) is 19.9 Å². The number of ether oxygens (including phenoxy) is 2. The Morgan fingerprint density at radius 3 is 2.18 bits per heavy atom. The number of para-hydroxylation sites is 2. The van der Waals surface area contributed by atoms with Crippen LogP contribution < -0.4 is 9.47 Å². The van der Waals surface area contributed by atoms with Crippen molar-refractivity contribution < 1.29 is 24.5 Å². The summed E-state index contributed by atoms with van der Waals surface area (Å²) in [6, 6.07) is 11.3. The van der Waals surface area contributed by atoms with Crippen LogP contribution >= 0.6 is 0 Å². The monoisotopic (exact) mass is 304 g/mol. The summed E-state index contributed by atoms with van der Waals surface area (Å²) in [7, 11) is 0. The number of phenols is 2. The number of hydrogen-bond donors (Lipinski definition) is 2. The Morgan fingerprint density at radius 2 is 1.59 bits per heavy atom. The number of carbonyl (C=O) groups is 1. The summed E-state index contributed by atoms with van der Waals surface area (Å²) in [4.78, 5) is 10.5. The predicted octanol–water partition coefficient (Wildman–Crippen LogP) is 3.39. The van der Waals surface area contributed by atoms with Gasteiger partial charge in [0.2, 0.25) is 0 Å². The largest absolute Gasteiger partial charge is 0.508 e. The highest BCUT2D eigenvalue weighted by Gasteiger charge is 2.02. The van der Waals surface area contributed by atoms with E-state index in [9.17, 15) is 4.79 Å². The maximum absolute atomic E-state index is 10.5. The smallest absolute Gasteiger partial charge is 0.160 e. The van der Waals surface area contributed by atoms with Gasteiger partial charge in [0.05, 0.1) is 18.8 Å². The minimum Gasteiger partial charge on any atom is -0.508 e. The van der Waals surface area contributed by atoms with Gasteiger partial charge in [-0.2, -0.15) is 0 Å². The van der Waals surface area contributed by atoms with Gasteiger partial charge < -0.3 is 19.7 Å². The van der Waals surface area contributed by atoms with Gasteiger partial charge in [0.15, 0.2) is 17.8 Å². The molecule has 0 bridgehead atoms. The first-order valence-electron chi connectivity index (χ1n) is 6.94. The van der Waals surface area contributed by atoms with Crippen LogP contribution in [0.15, 0.2) is 42.5 Å². The predicted molar refractivity (Wildman–Crippen MR) is 83.9 cm³/mol. The molecule has 0 fully saturated rings. The average Bonchev–Trinajstić information content (AvgIpc) is 2.51. The van der Waals surface area contributed by atoms with Gasteiger partial charge in [-0.1, -0.05) is 12.1 Å². The van der Waals surface area contributed by atoms with Crippen molar-refractivity contribution in [2.45, 2.75) is 13.8 Å². The van der Waals surface area contributed by atoms with Gasteiger partial charge in [-0.3, -0.25) is 4.79 Å². The lowest BCUT2D eigenvalue weighted by atomic mass is 10.2. The molecule has 2 N–H and O–H groups in total. The van der Waals surface area contributed by atoms with Gasteiger partial charge in [-0.25, -0.2) is 0 Å². The van der Waals surface area contributed by atoms with Gasteiger partial charge >= 0.3 is 0 Å². The average molecular weight is 304 g/mol. The molecule has 0 saturated heterocycles. The molecule has 0 aromatic heterocycles. The maximum Gasteiger partial charge on any atom is 0.160 e. The summed E-state index contributed by atoms with van der Waals surface area (Å²) in [6.45, 7) is 4.76. The molecule has 2 aromatic carbocycles. The maximum atomic E-state index is 10.5. The van der Waals surface area contributed by atoms with Gasteiger partial charge in [-0.05, 0) is 38.1 Å². The summed E-state index contributed by atoms with van der Waals surface area (Å²) in [6.07, 6.45) is 0.699. The van der Waals surface area contributed by atoms with Gasteiger partial charge in [0, 0.05) is 6.07 Å². The van der Waals surface area contributed by atoms with Gasteiger partial charge in [-0.15, -0.1) is 0 Å². The normalized spacial score (nSPS) is 9.36. The topological polar surface area (TPSA) is 76.0 Å². The van der Waals surface area contributed by atoms with E-state index in [-0.39, 0.29) is 11.5 Å². The summed E-state index contributed by atoms with van der Waals surface area (Å²) < 4.78 is 10.2. The molecule has 118 valence electrons. The van der Waals surface area contributed by atoms with Crippen molar-refractivity contribution in [3.05, 3.63) is 48.0 Å². The van der Waals surface area contributed by atoms with Crippen molar-refractivity contribution in [2.24, 2.45) is 0 Å². The van der Waals surface area contributed by atoms with E-state index < -0.39 is 0 Å². The SMILES string of the molecule is CCOc1cc(O)ccc1C=O.CCOc1ccccc1O. The van der Waals surface area contributed by atoms with E-state index in [1.54, 1.807) is 18.2 Å². The lowest BCUT2D eigenvalue weighted by Crippen LogP contribution is -1.95. The lowest BCUT2D eigenvalue weighted by molar-refractivity contribution is 0.112. The molecule has 0 spiro atoms. The summed E-state index contributed by atoms with van der Waals surface area (Å²) in [5.41, 5.74) is 0.453. The summed E-state index contributed by atoms with van der Waals surface area (Å²) in [5.74, 6) is 1.27. The Bertz CT molecular complexity index is 595. The van der Waals surface area contributed by atoms with Crippen LogP contribution in [0.4, 0.5) is 0 Å². The van der Waals surface area contributed by atoms with E-state index in [0.29, 0.717) is 36.6 Å². The molecule has 0 aliphatic rings. The van der Waals surface area contributed by atoms with Crippen LogP contribution in [-0.4, -0.2) is 29.7 Å². The molecule has 2 rings (SSSR count). The number of benzene rings is 2. The quantitative estimate of drug-likeness (QED) is 0.828. The summed E-state index contributed by atoms with van der Waals surface area (Å²) in [5, 5.41) is 18.2. The highest BCUT2D eigenvalue weighted by molar-refractivity contribution is 5.79. The van der Waals surface area contributed by atoms with E-state index in [4.69, 9.17) is 19.7 Å². The fourth-order valence-electron chi connectivity index (χ4n) is 1.64. The first-order chi connectivity index (χ1) is 10.6. The van der Waals surface area contributed by atoms with E-state index in [1.165, 1.54) is 18.2 Å². The van der Waals surface area contributed by atoms with E-state index in [0.717, 1.165) is 0 Å². The van der Waals surface area contributed by atoms with Crippen LogP contribution in [0.5, 0.6) is 23.0 Å². The Hall–Kier alpha value is -2.69. The molecule has 0 atom stereocenters. The van der Waals surface area contributed by atoms with E-state index >= 15 is 0 Å². The minimum absolute atomic E-state index is 0.101. The highest BCUT2D eigenvalue weighted by Crippen LogP contribution is 2.24. The number of phenolic OH excluding ortho intramolecular Hbond substituents is 2. The molecule has 0 saturated carbocycles. The second-order valence-electron chi connectivity index (χ2n) is 4.17. The van der Waals surface area contributed by atoms with Crippen LogP contribution in [0, 0.1) is 0 Å². The third kappa shape index (κ3) is 5.36. The molecule has 0 unspecified atom stereocenters. The Kier molecular flexibility index (Phi) is 7.33. The van der Waals surface area contributed by atoms with Crippen molar-refractivity contribution in [1.82, 2.24) is 0 Å². The number of hydrogen-bond acceptors (Lipinski definition) is 5. The lowest BCUT2D eigenvalue weighted by Gasteiger charge is -2.05. The zero-order valence-corrected chi connectivity index (χ0v) is 12.7. The second kappa shape index (κ2) is 9.28. The number of carbonyl (C=O) groups excluding carboxylic acids is 1. The molecule has 0 amide bonds. The van der Waals surface area contributed by atoms with Crippen LogP contribution in [0.25, 0.3) is 0 Å². The van der Waals surface area contributed by atoms with Crippen LogP contribution in [0.1, 0.15) is 24.2 Å². The third-order valence-corrected chi connectivity index (χ3v) is 2.59. The number of aromatic hydroxyl groups is 2. The first-order valence-corrected chi connectivity index (χ1v) is 6.94. The van der Waals surface area contributed by atoms with Gasteiger partial charge in [0.25, 0.3) is 0 Å². The van der Waals surface area contributed by atoms with Crippen molar-refractivity contribution in [1.29, 1.82) is 0 Å². The fourth-order valence-corrected chi connectivity index (χ4v) is 1.64. The molecule has 22 heavy (non-hydrogen) atoms. The highest BCUT2D eigenvalue weighted by atomic mass is 16.5. The van der Waals surface area contributed by atoms with Crippen LogP contribution in [-0.2, 0) is 0 Å². The Labute approximate surface area is 129 Å². The zero-order valence-electron chi connectivity index (χ0n) is 12.7. The molecular weight excluding hydrogens is 284 g/mol. The van der Waals surface area contributed by atoms with Crippen LogP contribution in [0.3, 0.4) is 0 Å². The second-order valence-corrected chi connectivity index (χ2v) is 4.17. The number of rotatable bonds is 5. The molecule has 0 aliphatic carbocycles. The fraction of sp³-hybridized carbons (Fsp3) is 0.235. The Balaban J connectivity index is 0.000000224. The number of aldehydes is 1. The third-order valence-electron chi connectivity index (χ3n) is 2.59. The molecule has 2 aromatic rings. The standard InChI is InChI=1S/C9H10O3.C8H10O2/c1-2-12-9-5-8(11)4-3-7(9)6-10;1-2-10-8-6-4-3-5-7(8)9/h3-6,11H,2H2,1H3;3-6,9H,2H2,1H3. The van der Waals surface area contributed by atoms with Crippen molar-refractivity contribution in [3.63, 3.8) is 0 Å². The molecule has 0 heterocycles. The van der Waals surface area contributed by atoms with Crippen molar-refractivity contribution in [2.75, 3.05) is 13.2 Å². The van der Waals surface area contributed by atoms with Crippen molar-refractivity contribution >= 4 is 6.29 Å². The Morgan fingerprint density at radius 1 is 0.955 bits per heavy atom. The van der Waals surface area contributed by atoms with Gasteiger partial charge in [0.1, 0.15) is 11.5 Å². The van der Waals surface area contributed by atoms with Crippen LogP contribution in [0.2, 0.25) is 0 Å². The molecule has 0 radical (unpaired) electrons. The molecular formula is C17H20O5. The summed E-state index contributed by atoms with van der Waals surface area (Å²) >= 11 is 0. The minimum atomic E-state index is 0.101. The van der Waals surface area contributed by atoms with E-state index in [2.05, 4.69) is 0 Å².